The Bertz CT molecular complexity index is 911. The first-order valence-electron chi connectivity index (χ1n) is 7.62. The molecule has 0 saturated heterocycles. The molecule has 0 spiro atoms. The highest BCUT2D eigenvalue weighted by Gasteiger charge is 2.14. The molecule has 0 atom stereocenters. The monoisotopic (exact) mass is 337 g/mol. The molecule has 0 aliphatic rings. The van der Waals surface area contributed by atoms with Crippen molar-refractivity contribution in [2.45, 2.75) is 6.92 Å². The maximum atomic E-state index is 13.0. The number of rotatable bonds is 4. The second kappa shape index (κ2) is 7.09. The zero-order chi connectivity index (χ0) is 17.8. The number of hydrogen-bond donors (Lipinski definition) is 1. The van der Waals surface area contributed by atoms with Crippen molar-refractivity contribution in [3.05, 3.63) is 71.8 Å². The maximum Gasteiger partial charge on any atom is 0.259 e. The van der Waals surface area contributed by atoms with Gasteiger partial charge in [-0.15, -0.1) is 0 Å². The molecule has 0 unspecified atom stereocenters. The summed E-state index contributed by atoms with van der Waals surface area (Å²) >= 11 is 0. The van der Waals surface area contributed by atoms with Crippen LogP contribution in [0, 0.1) is 12.7 Å². The Morgan fingerprint density at radius 1 is 1.12 bits per heavy atom. The summed E-state index contributed by atoms with van der Waals surface area (Å²) in [5.74, 6) is 0.352. The summed E-state index contributed by atoms with van der Waals surface area (Å²) < 4.78 is 18.2. The lowest BCUT2D eigenvalue weighted by Crippen LogP contribution is -2.15. The number of aryl methyl sites for hydroxylation is 1. The first kappa shape index (κ1) is 16.6. The maximum absolute atomic E-state index is 13.0. The topological polar surface area (TPSA) is 64.1 Å². The van der Waals surface area contributed by atoms with Crippen molar-refractivity contribution in [3.8, 4) is 17.1 Å². The normalized spacial score (nSPS) is 10.4. The van der Waals surface area contributed by atoms with Crippen LogP contribution in [0.4, 0.5) is 10.1 Å². The fourth-order valence-corrected chi connectivity index (χ4v) is 2.37. The van der Waals surface area contributed by atoms with Crippen molar-refractivity contribution >= 4 is 11.6 Å². The second-order valence-corrected chi connectivity index (χ2v) is 5.35. The quantitative estimate of drug-likeness (QED) is 0.785. The van der Waals surface area contributed by atoms with Crippen molar-refractivity contribution in [3.63, 3.8) is 0 Å². The van der Waals surface area contributed by atoms with Crippen LogP contribution in [0.3, 0.4) is 0 Å². The average molecular weight is 337 g/mol. The van der Waals surface area contributed by atoms with E-state index >= 15 is 0 Å². The van der Waals surface area contributed by atoms with Gasteiger partial charge in [0, 0.05) is 11.8 Å². The molecule has 2 aromatic carbocycles. The Balaban J connectivity index is 1.85. The van der Waals surface area contributed by atoms with Gasteiger partial charge in [-0.1, -0.05) is 12.1 Å². The molecule has 0 bridgehead atoms. The first-order chi connectivity index (χ1) is 12.1. The molecule has 1 aromatic heterocycles. The number of ether oxygens (including phenoxy) is 1. The number of nitrogens with zero attached hydrogens (tertiary/aromatic N) is 2. The van der Waals surface area contributed by atoms with Gasteiger partial charge in [-0.2, -0.15) is 0 Å². The van der Waals surface area contributed by atoms with Crippen LogP contribution in [0.25, 0.3) is 11.4 Å². The van der Waals surface area contributed by atoms with Crippen LogP contribution in [0.5, 0.6) is 5.75 Å². The highest BCUT2D eigenvalue weighted by molar-refractivity contribution is 6.05. The third-order valence-corrected chi connectivity index (χ3v) is 3.68. The predicted molar refractivity (Wildman–Crippen MR) is 93.1 cm³/mol. The van der Waals surface area contributed by atoms with E-state index in [-0.39, 0.29) is 11.7 Å². The van der Waals surface area contributed by atoms with Gasteiger partial charge in [0.05, 0.1) is 24.1 Å². The van der Waals surface area contributed by atoms with Gasteiger partial charge in [0.2, 0.25) is 0 Å². The number of para-hydroxylation sites is 2. The van der Waals surface area contributed by atoms with E-state index in [1.807, 2.05) is 6.07 Å². The smallest absolute Gasteiger partial charge is 0.259 e. The molecule has 6 heteroatoms. The molecule has 5 nitrogen and oxygen atoms in total. The molecule has 3 aromatic rings. The van der Waals surface area contributed by atoms with Gasteiger partial charge < -0.3 is 10.1 Å². The largest absolute Gasteiger partial charge is 0.495 e. The van der Waals surface area contributed by atoms with Crippen molar-refractivity contribution in [2.75, 3.05) is 12.4 Å². The highest BCUT2D eigenvalue weighted by atomic mass is 19.1. The molecule has 0 aliphatic carbocycles. The molecule has 0 aliphatic heterocycles. The number of hydrogen-bond acceptors (Lipinski definition) is 4. The van der Waals surface area contributed by atoms with Crippen LogP contribution in [-0.4, -0.2) is 23.0 Å². The summed E-state index contributed by atoms with van der Waals surface area (Å²) in [5.41, 5.74) is 2.14. The fourth-order valence-electron chi connectivity index (χ4n) is 2.37. The van der Waals surface area contributed by atoms with Crippen molar-refractivity contribution < 1.29 is 13.9 Å². The van der Waals surface area contributed by atoms with Gasteiger partial charge in [-0.05, 0) is 43.3 Å². The van der Waals surface area contributed by atoms with Crippen molar-refractivity contribution in [2.24, 2.45) is 0 Å². The van der Waals surface area contributed by atoms with Gasteiger partial charge in [-0.3, -0.25) is 4.79 Å². The van der Waals surface area contributed by atoms with E-state index in [4.69, 9.17) is 4.74 Å². The molecule has 0 fully saturated rings. The molecule has 25 heavy (non-hydrogen) atoms. The van der Waals surface area contributed by atoms with Crippen molar-refractivity contribution in [1.29, 1.82) is 0 Å². The lowest BCUT2D eigenvalue weighted by Gasteiger charge is -2.11. The molecule has 0 radical (unpaired) electrons. The molecule has 1 amide bonds. The summed E-state index contributed by atoms with van der Waals surface area (Å²) in [6, 6.07) is 13.0. The number of anilines is 1. The minimum Gasteiger partial charge on any atom is -0.495 e. The van der Waals surface area contributed by atoms with E-state index in [0.717, 1.165) is 0 Å². The SMILES string of the molecule is COc1ccccc1NC(=O)c1cnc(-c2ccc(F)cc2)nc1C. The Labute approximate surface area is 144 Å². The van der Waals surface area contributed by atoms with Gasteiger partial charge in [-0.25, -0.2) is 14.4 Å². The molecule has 1 N–H and O–H groups in total. The van der Waals surface area contributed by atoms with E-state index in [1.165, 1.54) is 25.4 Å². The summed E-state index contributed by atoms with van der Waals surface area (Å²) in [7, 11) is 1.54. The average Bonchev–Trinajstić information content (AvgIpc) is 2.62. The fraction of sp³-hybridized carbons (Fsp3) is 0.105. The number of benzene rings is 2. The second-order valence-electron chi connectivity index (χ2n) is 5.35. The predicted octanol–water partition coefficient (Wildman–Crippen LogP) is 3.85. The standard InChI is InChI=1S/C19H16FN3O2/c1-12-15(19(24)23-16-5-3-4-6-17(16)25-2)11-21-18(22-12)13-7-9-14(20)10-8-13/h3-11H,1-2H3,(H,23,24). The van der Waals surface area contributed by atoms with Crippen molar-refractivity contribution in [1.82, 2.24) is 9.97 Å². The van der Waals surface area contributed by atoms with E-state index in [0.29, 0.717) is 34.1 Å². The molecule has 126 valence electrons. The molecule has 3 rings (SSSR count). The van der Waals surface area contributed by atoms with Crippen LogP contribution in [0.2, 0.25) is 0 Å². The third-order valence-electron chi connectivity index (χ3n) is 3.68. The first-order valence-corrected chi connectivity index (χ1v) is 7.62. The minimum absolute atomic E-state index is 0.326. The third kappa shape index (κ3) is 3.63. The Hall–Kier alpha value is -3.28. The summed E-state index contributed by atoms with van der Waals surface area (Å²) in [4.78, 5) is 21.1. The van der Waals surface area contributed by atoms with E-state index < -0.39 is 0 Å². The zero-order valence-corrected chi connectivity index (χ0v) is 13.8. The van der Waals surface area contributed by atoms with Gasteiger partial charge in [0.1, 0.15) is 11.6 Å². The number of halogens is 1. The summed E-state index contributed by atoms with van der Waals surface area (Å²) in [6.45, 7) is 1.73. The van der Waals surface area contributed by atoms with Crippen LogP contribution in [-0.2, 0) is 0 Å². The Morgan fingerprint density at radius 2 is 1.84 bits per heavy atom. The minimum atomic E-state index is -0.326. The number of methoxy groups -OCH3 is 1. The van der Waals surface area contributed by atoms with Gasteiger partial charge >= 0.3 is 0 Å². The summed E-state index contributed by atoms with van der Waals surface area (Å²) in [6.07, 6.45) is 1.46. The van der Waals surface area contributed by atoms with Crippen LogP contribution in [0.1, 0.15) is 16.1 Å². The lowest BCUT2D eigenvalue weighted by molar-refractivity contribution is 0.102. The molecule has 1 heterocycles. The lowest BCUT2D eigenvalue weighted by atomic mass is 10.1. The molecule has 0 saturated carbocycles. The van der Waals surface area contributed by atoms with Crippen LogP contribution in [0.15, 0.2) is 54.7 Å². The van der Waals surface area contributed by atoms with Gasteiger partial charge in [0.25, 0.3) is 5.91 Å². The molecular weight excluding hydrogens is 321 g/mol. The summed E-state index contributed by atoms with van der Waals surface area (Å²) in [5, 5.41) is 2.79. The zero-order valence-electron chi connectivity index (χ0n) is 13.8. The number of amides is 1. The van der Waals surface area contributed by atoms with Crippen LogP contribution < -0.4 is 10.1 Å². The Morgan fingerprint density at radius 3 is 2.52 bits per heavy atom. The number of carbonyl (C=O) groups excluding carboxylic acids is 1. The molecular formula is C19H16FN3O2. The van der Waals surface area contributed by atoms with Crippen LogP contribution >= 0.6 is 0 Å². The van der Waals surface area contributed by atoms with E-state index in [2.05, 4.69) is 15.3 Å². The Kier molecular flexibility index (Phi) is 4.70. The van der Waals surface area contributed by atoms with E-state index in [1.54, 1.807) is 37.3 Å². The number of aromatic nitrogens is 2. The number of nitrogens with one attached hydrogen (secondary N) is 1. The number of carbonyl (C=O) groups is 1. The highest BCUT2D eigenvalue weighted by Crippen LogP contribution is 2.24. The van der Waals surface area contributed by atoms with Gasteiger partial charge in [0.15, 0.2) is 5.82 Å². The van der Waals surface area contributed by atoms with E-state index in [9.17, 15) is 9.18 Å².